The van der Waals surface area contributed by atoms with Gasteiger partial charge in [-0.15, -0.1) is 0 Å². The minimum absolute atomic E-state index is 0.114. The molecule has 0 amide bonds. The van der Waals surface area contributed by atoms with Gasteiger partial charge in [0.05, 0.1) is 12.7 Å². The highest BCUT2D eigenvalue weighted by Crippen LogP contribution is 2.26. The molecule has 0 unspecified atom stereocenters. The lowest BCUT2D eigenvalue weighted by molar-refractivity contribution is 0.0970. The van der Waals surface area contributed by atoms with Gasteiger partial charge < -0.3 is 4.57 Å². The number of ketones is 1. The number of aryl methyl sites for hydroxylation is 2. The standard InChI is InChI=1S/C20H17Cl2N5O2/c1-11-4-16(12(2)27(11)15-6-13(21)5-14(22)7-15)18(28)9-26-10-23-19-17(20(26)29)8-24-25(19)3/h4-8,10H,9H2,1-3H3. The molecule has 3 heterocycles. The Morgan fingerprint density at radius 2 is 1.79 bits per heavy atom. The molecule has 0 bridgehead atoms. The van der Waals surface area contributed by atoms with Crippen LogP contribution in [0.3, 0.4) is 0 Å². The molecule has 1 aromatic carbocycles. The summed E-state index contributed by atoms with van der Waals surface area (Å²) < 4.78 is 4.73. The van der Waals surface area contributed by atoms with Crippen molar-refractivity contribution in [2.75, 3.05) is 0 Å². The summed E-state index contributed by atoms with van der Waals surface area (Å²) in [4.78, 5) is 29.9. The van der Waals surface area contributed by atoms with Crippen molar-refractivity contribution in [1.29, 1.82) is 0 Å². The number of aromatic nitrogens is 5. The van der Waals surface area contributed by atoms with Crippen molar-refractivity contribution in [2.45, 2.75) is 20.4 Å². The number of Topliss-reactive ketones (excluding diaryl/α,β-unsaturated/α-hetero) is 1. The molecule has 148 valence electrons. The van der Waals surface area contributed by atoms with E-state index in [0.717, 1.165) is 17.1 Å². The van der Waals surface area contributed by atoms with Crippen LogP contribution in [-0.2, 0) is 13.6 Å². The summed E-state index contributed by atoms with van der Waals surface area (Å²) in [6.45, 7) is 3.63. The Labute approximate surface area is 176 Å². The Morgan fingerprint density at radius 1 is 1.10 bits per heavy atom. The van der Waals surface area contributed by atoms with Gasteiger partial charge in [0.15, 0.2) is 11.4 Å². The zero-order valence-corrected chi connectivity index (χ0v) is 17.5. The Morgan fingerprint density at radius 3 is 2.48 bits per heavy atom. The SMILES string of the molecule is Cc1cc(C(=O)Cn2cnc3c(cnn3C)c2=O)c(C)n1-c1cc(Cl)cc(Cl)c1. The molecule has 0 aliphatic carbocycles. The fourth-order valence-electron chi connectivity index (χ4n) is 3.53. The molecule has 0 aliphatic heterocycles. The van der Waals surface area contributed by atoms with Gasteiger partial charge in [-0.2, -0.15) is 5.10 Å². The van der Waals surface area contributed by atoms with Crippen LogP contribution in [0.15, 0.2) is 41.6 Å². The Kier molecular flexibility index (Phi) is 4.80. The first-order valence-electron chi connectivity index (χ1n) is 8.82. The highest BCUT2D eigenvalue weighted by molar-refractivity contribution is 6.34. The molecule has 0 aliphatic rings. The van der Waals surface area contributed by atoms with Gasteiger partial charge in [0.1, 0.15) is 11.7 Å². The van der Waals surface area contributed by atoms with Crippen molar-refractivity contribution in [1.82, 2.24) is 23.9 Å². The summed E-state index contributed by atoms with van der Waals surface area (Å²) in [7, 11) is 1.71. The van der Waals surface area contributed by atoms with Gasteiger partial charge in [-0.05, 0) is 38.1 Å². The monoisotopic (exact) mass is 429 g/mol. The number of hydrogen-bond donors (Lipinski definition) is 0. The Hall–Kier alpha value is -2.90. The van der Waals surface area contributed by atoms with Gasteiger partial charge in [-0.3, -0.25) is 18.8 Å². The minimum atomic E-state index is -0.299. The summed E-state index contributed by atoms with van der Waals surface area (Å²) >= 11 is 12.3. The summed E-state index contributed by atoms with van der Waals surface area (Å²) in [5.41, 5.74) is 3.08. The summed E-state index contributed by atoms with van der Waals surface area (Å²) in [6.07, 6.45) is 2.83. The van der Waals surface area contributed by atoms with Crippen molar-refractivity contribution in [3.63, 3.8) is 0 Å². The van der Waals surface area contributed by atoms with Gasteiger partial charge >= 0.3 is 0 Å². The zero-order valence-electron chi connectivity index (χ0n) is 16.0. The predicted octanol–water partition coefficient (Wildman–Crippen LogP) is 3.73. The third-order valence-corrected chi connectivity index (χ3v) is 5.31. The molecule has 9 heteroatoms. The minimum Gasteiger partial charge on any atom is -0.318 e. The van der Waals surface area contributed by atoms with Crippen molar-refractivity contribution in [2.24, 2.45) is 7.05 Å². The number of benzene rings is 1. The molecule has 0 N–H and O–H groups in total. The van der Waals surface area contributed by atoms with Crippen molar-refractivity contribution in [3.8, 4) is 5.69 Å². The Bertz CT molecular complexity index is 1310. The number of carbonyl (C=O) groups excluding carboxylic acids is 1. The van der Waals surface area contributed by atoms with Crippen LogP contribution in [0.1, 0.15) is 21.7 Å². The van der Waals surface area contributed by atoms with E-state index in [0.29, 0.717) is 26.6 Å². The molecular formula is C20H17Cl2N5O2. The van der Waals surface area contributed by atoms with E-state index in [4.69, 9.17) is 23.2 Å². The van der Waals surface area contributed by atoms with E-state index in [9.17, 15) is 9.59 Å². The number of fused-ring (bicyclic) bond motifs is 1. The van der Waals surface area contributed by atoms with E-state index < -0.39 is 0 Å². The normalized spacial score (nSPS) is 11.3. The fourth-order valence-corrected chi connectivity index (χ4v) is 4.04. The smallest absolute Gasteiger partial charge is 0.264 e. The average molecular weight is 430 g/mol. The largest absolute Gasteiger partial charge is 0.318 e. The maximum Gasteiger partial charge on any atom is 0.264 e. The quantitative estimate of drug-likeness (QED) is 0.463. The van der Waals surface area contributed by atoms with Crippen LogP contribution < -0.4 is 5.56 Å². The molecule has 0 saturated carbocycles. The summed E-state index contributed by atoms with van der Waals surface area (Å²) in [5, 5.41) is 5.44. The fraction of sp³-hybridized carbons (Fsp3) is 0.200. The zero-order chi connectivity index (χ0) is 20.9. The average Bonchev–Trinajstić information content (AvgIpc) is 3.16. The third kappa shape index (κ3) is 3.36. The molecule has 0 atom stereocenters. The lowest BCUT2D eigenvalue weighted by atomic mass is 10.1. The molecule has 0 spiro atoms. The van der Waals surface area contributed by atoms with E-state index in [2.05, 4.69) is 10.1 Å². The van der Waals surface area contributed by atoms with E-state index in [1.807, 2.05) is 18.4 Å². The van der Waals surface area contributed by atoms with Crippen molar-refractivity contribution >= 4 is 40.0 Å². The second kappa shape index (κ2) is 7.17. The molecule has 4 rings (SSSR count). The van der Waals surface area contributed by atoms with Gasteiger partial charge in [0, 0.05) is 39.7 Å². The van der Waals surface area contributed by atoms with Crippen molar-refractivity contribution in [3.05, 3.63) is 74.1 Å². The number of nitrogens with zero attached hydrogens (tertiary/aromatic N) is 5. The lowest BCUT2D eigenvalue weighted by Crippen LogP contribution is -2.24. The lowest BCUT2D eigenvalue weighted by Gasteiger charge is -2.11. The molecule has 0 saturated heterocycles. The highest BCUT2D eigenvalue weighted by Gasteiger charge is 2.19. The molecule has 0 fully saturated rings. The first-order chi connectivity index (χ1) is 13.8. The van der Waals surface area contributed by atoms with Gasteiger partial charge in [-0.25, -0.2) is 4.98 Å². The van der Waals surface area contributed by atoms with Gasteiger partial charge in [-0.1, -0.05) is 23.2 Å². The van der Waals surface area contributed by atoms with Crippen LogP contribution in [0, 0.1) is 13.8 Å². The summed E-state index contributed by atoms with van der Waals surface area (Å²) in [6, 6.07) is 7.02. The van der Waals surface area contributed by atoms with E-state index in [1.54, 1.807) is 31.3 Å². The first kappa shape index (κ1) is 19.4. The Balaban J connectivity index is 1.72. The number of carbonyl (C=O) groups is 1. The van der Waals surface area contributed by atoms with Crippen LogP contribution in [0.25, 0.3) is 16.7 Å². The first-order valence-corrected chi connectivity index (χ1v) is 9.57. The number of hydrogen-bond acceptors (Lipinski definition) is 4. The topological polar surface area (TPSA) is 74.7 Å². The van der Waals surface area contributed by atoms with Crippen LogP contribution in [-0.4, -0.2) is 29.7 Å². The van der Waals surface area contributed by atoms with Crippen molar-refractivity contribution < 1.29 is 4.79 Å². The van der Waals surface area contributed by atoms with Crippen LogP contribution in [0.2, 0.25) is 10.0 Å². The molecular weight excluding hydrogens is 413 g/mol. The van der Waals surface area contributed by atoms with Gasteiger partial charge in [0.25, 0.3) is 5.56 Å². The summed E-state index contributed by atoms with van der Waals surface area (Å²) in [5.74, 6) is -0.190. The van der Waals surface area contributed by atoms with E-state index >= 15 is 0 Å². The van der Waals surface area contributed by atoms with E-state index in [-0.39, 0.29) is 17.9 Å². The number of halogens is 2. The maximum atomic E-state index is 13.0. The molecule has 0 radical (unpaired) electrons. The number of rotatable bonds is 4. The van der Waals surface area contributed by atoms with Crippen LogP contribution in [0.5, 0.6) is 0 Å². The molecule has 29 heavy (non-hydrogen) atoms. The second-order valence-electron chi connectivity index (χ2n) is 6.85. The third-order valence-electron chi connectivity index (χ3n) is 4.87. The van der Waals surface area contributed by atoms with E-state index in [1.165, 1.54) is 21.8 Å². The maximum absolute atomic E-state index is 13.0. The molecule has 4 aromatic rings. The van der Waals surface area contributed by atoms with Gasteiger partial charge in [0.2, 0.25) is 0 Å². The molecule has 3 aromatic heterocycles. The second-order valence-corrected chi connectivity index (χ2v) is 7.73. The van der Waals surface area contributed by atoms with Crippen LogP contribution in [0.4, 0.5) is 0 Å². The highest BCUT2D eigenvalue weighted by atomic mass is 35.5. The van der Waals surface area contributed by atoms with Crippen LogP contribution >= 0.6 is 23.2 Å². The molecule has 7 nitrogen and oxygen atoms in total. The predicted molar refractivity (Wildman–Crippen MR) is 112 cm³/mol.